The number of hydrogen-bond donors (Lipinski definition) is 1. The van der Waals surface area contributed by atoms with Gasteiger partial charge < -0.3 is 14.5 Å². The summed E-state index contributed by atoms with van der Waals surface area (Å²) in [5.41, 5.74) is 3.65. The molecule has 7 nitrogen and oxygen atoms in total. The molecule has 4 rings (SSSR count). The lowest BCUT2D eigenvalue weighted by atomic mass is 9.96. The van der Waals surface area contributed by atoms with Crippen molar-refractivity contribution >= 4 is 11.9 Å². The number of aryl methyl sites for hydroxylation is 1. The van der Waals surface area contributed by atoms with Gasteiger partial charge in [0.2, 0.25) is 0 Å². The van der Waals surface area contributed by atoms with E-state index in [1.54, 1.807) is 31.2 Å². The largest absolute Gasteiger partial charge is 0.461 e. The van der Waals surface area contributed by atoms with E-state index in [0.29, 0.717) is 23.6 Å². The highest BCUT2D eigenvalue weighted by Gasteiger charge is 2.24. The number of ether oxygens (including phenoxy) is 1. The number of carbonyl (C=O) groups is 2. The maximum Gasteiger partial charge on any atom is 0.360 e. The van der Waals surface area contributed by atoms with Gasteiger partial charge in [0.25, 0.3) is 5.91 Å². The number of amides is 1. The number of aromatic nitrogens is 1. The van der Waals surface area contributed by atoms with Crippen molar-refractivity contribution in [3.8, 4) is 11.3 Å². The van der Waals surface area contributed by atoms with E-state index in [2.05, 4.69) is 46.4 Å². The maximum absolute atomic E-state index is 13.0. The molecule has 7 heteroatoms. The summed E-state index contributed by atoms with van der Waals surface area (Å²) in [6, 6.07) is 15.8. The summed E-state index contributed by atoms with van der Waals surface area (Å²) in [6.45, 7) is 7.69. The van der Waals surface area contributed by atoms with Gasteiger partial charge in [-0.2, -0.15) is 0 Å². The third-order valence-corrected chi connectivity index (χ3v) is 6.24. The standard InChI is InChI=1S/C27H31N3O4/c1-3-33-27(32)24-25(34-18-29-24)22-6-4-5-7-23(22)26(31)28-16-20-12-14-30(15-13-20)17-21-10-8-19(2)9-11-21/h4-11,18,20H,3,12-17H2,1-2H3,(H,28,31). The molecule has 1 aliphatic rings. The second-order valence-electron chi connectivity index (χ2n) is 8.71. The van der Waals surface area contributed by atoms with E-state index in [9.17, 15) is 9.59 Å². The Balaban J connectivity index is 1.34. The molecule has 0 unspecified atom stereocenters. The van der Waals surface area contributed by atoms with Gasteiger partial charge in [-0.05, 0) is 57.3 Å². The Morgan fingerprint density at radius 2 is 1.85 bits per heavy atom. The minimum absolute atomic E-state index is 0.0723. The normalized spacial score (nSPS) is 14.6. The molecule has 0 spiro atoms. The van der Waals surface area contributed by atoms with Crippen LogP contribution >= 0.6 is 0 Å². The number of likely N-dealkylation sites (tertiary alicyclic amines) is 1. The first-order valence-corrected chi connectivity index (χ1v) is 11.8. The number of oxazole rings is 1. The van der Waals surface area contributed by atoms with E-state index in [0.717, 1.165) is 32.5 Å². The molecule has 1 fully saturated rings. The van der Waals surface area contributed by atoms with Gasteiger partial charge in [-0.25, -0.2) is 9.78 Å². The van der Waals surface area contributed by atoms with E-state index in [1.807, 2.05) is 0 Å². The molecule has 1 N–H and O–H groups in total. The number of carbonyl (C=O) groups excluding carboxylic acids is 2. The molecule has 0 radical (unpaired) electrons. The second kappa shape index (κ2) is 11.1. The minimum Gasteiger partial charge on any atom is -0.461 e. The maximum atomic E-state index is 13.0. The van der Waals surface area contributed by atoms with Gasteiger partial charge in [-0.3, -0.25) is 9.69 Å². The average Bonchev–Trinajstić information content (AvgIpc) is 3.35. The zero-order valence-corrected chi connectivity index (χ0v) is 19.8. The summed E-state index contributed by atoms with van der Waals surface area (Å²) in [5, 5.41) is 3.08. The fourth-order valence-corrected chi connectivity index (χ4v) is 4.29. The highest BCUT2D eigenvalue weighted by atomic mass is 16.5. The topological polar surface area (TPSA) is 84.7 Å². The van der Waals surface area contributed by atoms with Gasteiger partial charge in [0.1, 0.15) is 0 Å². The Morgan fingerprint density at radius 3 is 2.59 bits per heavy atom. The minimum atomic E-state index is -0.571. The first kappa shape index (κ1) is 23.7. The Hall–Kier alpha value is -3.45. The summed E-state index contributed by atoms with van der Waals surface area (Å²) >= 11 is 0. The van der Waals surface area contributed by atoms with Gasteiger partial charge in [0.15, 0.2) is 17.8 Å². The van der Waals surface area contributed by atoms with Crippen molar-refractivity contribution < 1.29 is 18.7 Å². The quantitative estimate of drug-likeness (QED) is 0.498. The lowest BCUT2D eigenvalue weighted by molar-refractivity contribution is 0.0520. The van der Waals surface area contributed by atoms with Crippen LogP contribution in [0, 0.1) is 12.8 Å². The fraction of sp³-hybridized carbons (Fsp3) is 0.370. The van der Waals surface area contributed by atoms with Gasteiger partial charge in [0, 0.05) is 18.7 Å². The number of nitrogens with one attached hydrogen (secondary N) is 1. The van der Waals surface area contributed by atoms with Crippen molar-refractivity contribution in [3.05, 3.63) is 77.3 Å². The number of hydrogen-bond acceptors (Lipinski definition) is 6. The molecule has 1 saturated heterocycles. The van der Waals surface area contributed by atoms with Crippen molar-refractivity contribution in [1.82, 2.24) is 15.2 Å². The van der Waals surface area contributed by atoms with Crippen LogP contribution in [0.15, 0.2) is 59.3 Å². The molecule has 178 valence electrons. The predicted octanol–water partition coefficient (Wildman–Crippen LogP) is 4.47. The predicted molar refractivity (Wildman–Crippen MR) is 129 cm³/mol. The molecular weight excluding hydrogens is 430 g/mol. The first-order chi connectivity index (χ1) is 16.5. The van der Waals surface area contributed by atoms with Crippen molar-refractivity contribution in [2.75, 3.05) is 26.2 Å². The van der Waals surface area contributed by atoms with Crippen LogP contribution in [0.2, 0.25) is 0 Å². The lowest BCUT2D eigenvalue weighted by Gasteiger charge is -2.32. The summed E-state index contributed by atoms with van der Waals surface area (Å²) in [7, 11) is 0. The number of piperidine rings is 1. The van der Waals surface area contributed by atoms with Crippen LogP contribution in [0.25, 0.3) is 11.3 Å². The zero-order chi connectivity index (χ0) is 23.9. The molecule has 34 heavy (non-hydrogen) atoms. The molecule has 0 atom stereocenters. The average molecular weight is 462 g/mol. The number of nitrogens with zero attached hydrogens (tertiary/aromatic N) is 2. The summed E-state index contributed by atoms with van der Waals surface area (Å²) in [4.78, 5) is 31.7. The van der Waals surface area contributed by atoms with Crippen LogP contribution in [-0.4, -0.2) is 48.0 Å². The van der Waals surface area contributed by atoms with E-state index in [4.69, 9.17) is 9.15 Å². The van der Waals surface area contributed by atoms with Crippen molar-refractivity contribution in [3.63, 3.8) is 0 Å². The van der Waals surface area contributed by atoms with E-state index in [1.165, 1.54) is 17.5 Å². The van der Waals surface area contributed by atoms with Crippen LogP contribution in [0.1, 0.15) is 51.7 Å². The Morgan fingerprint density at radius 1 is 1.12 bits per heavy atom. The molecule has 3 aromatic rings. The van der Waals surface area contributed by atoms with Crippen molar-refractivity contribution in [2.24, 2.45) is 5.92 Å². The Bertz CT molecular complexity index is 1110. The highest BCUT2D eigenvalue weighted by molar-refractivity contribution is 6.03. The van der Waals surface area contributed by atoms with Crippen LogP contribution in [0.4, 0.5) is 0 Å². The monoisotopic (exact) mass is 461 g/mol. The van der Waals surface area contributed by atoms with Crippen LogP contribution in [0.3, 0.4) is 0 Å². The summed E-state index contributed by atoms with van der Waals surface area (Å²) < 4.78 is 10.5. The lowest BCUT2D eigenvalue weighted by Crippen LogP contribution is -2.38. The van der Waals surface area contributed by atoms with Gasteiger partial charge in [0.05, 0.1) is 12.2 Å². The highest BCUT2D eigenvalue weighted by Crippen LogP contribution is 2.27. The molecular formula is C27H31N3O4. The molecule has 1 amide bonds. The van der Waals surface area contributed by atoms with Gasteiger partial charge in [-0.15, -0.1) is 0 Å². The van der Waals surface area contributed by atoms with E-state index in [-0.39, 0.29) is 24.0 Å². The number of rotatable bonds is 8. The van der Waals surface area contributed by atoms with Crippen LogP contribution < -0.4 is 5.32 Å². The van der Waals surface area contributed by atoms with Crippen molar-refractivity contribution in [1.29, 1.82) is 0 Å². The van der Waals surface area contributed by atoms with E-state index < -0.39 is 5.97 Å². The summed E-state index contributed by atoms with van der Waals surface area (Å²) in [5.74, 6) is -0.0814. The van der Waals surface area contributed by atoms with E-state index >= 15 is 0 Å². The number of esters is 1. The van der Waals surface area contributed by atoms with Crippen molar-refractivity contribution in [2.45, 2.75) is 33.2 Å². The molecule has 2 aromatic carbocycles. The SMILES string of the molecule is CCOC(=O)c1ncoc1-c1ccccc1C(=O)NCC1CCN(Cc2ccc(C)cc2)CC1. The third-order valence-electron chi connectivity index (χ3n) is 6.24. The van der Waals surface area contributed by atoms with Crippen LogP contribution in [-0.2, 0) is 11.3 Å². The number of benzene rings is 2. The molecule has 2 heterocycles. The fourth-order valence-electron chi connectivity index (χ4n) is 4.29. The molecule has 1 aromatic heterocycles. The molecule has 0 bridgehead atoms. The Labute approximate surface area is 200 Å². The molecule has 0 aliphatic carbocycles. The third kappa shape index (κ3) is 5.72. The summed E-state index contributed by atoms with van der Waals surface area (Å²) in [6.07, 6.45) is 3.28. The van der Waals surface area contributed by atoms with Crippen LogP contribution in [0.5, 0.6) is 0 Å². The second-order valence-corrected chi connectivity index (χ2v) is 8.71. The Kier molecular flexibility index (Phi) is 7.75. The molecule has 1 aliphatic heterocycles. The molecule has 0 saturated carbocycles. The van der Waals surface area contributed by atoms with Gasteiger partial charge in [-0.1, -0.05) is 48.0 Å². The first-order valence-electron chi connectivity index (χ1n) is 11.8. The zero-order valence-electron chi connectivity index (χ0n) is 19.8. The van der Waals surface area contributed by atoms with Gasteiger partial charge >= 0.3 is 5.97 Å². The smallest absolute Gasteiger partial charge is 0.360 e.